The summed E-state index contributed by atoms with van der Waals surface area (Å²) >= 11 is 0. The predicted molar refractivity (Wildman–Crippen MR) is 116 cm³/mol. The van der Waals surface area contributed by atoms with E-state index in [0.29, 0.717) is 22.6 Å². The van der Waals surface area contributed by atoms with Crippen LogP contribution in [0.1, 0.15) is 16.7 Å². The zero-order valence-electron chi connectivity index (χ0n) is 17.2. The van der Waals surface area contributed by atoms with Crippen LogP contribution in [0, 0.1) is 0 Å². The number of alkyl halides is 3. The van der Waals surface area contributed by atoms with Gasteiger partial charge in [0, 0.05) is 5.56 Å². The number of halogens is 3. The molecule has 0 heterocycles. The van der Waals surface area contributed by atoms with Crippen molar-refractivity contribution < 1.29 is 32.5 Å². The molecule has 166 valence electrons. The van der Waals surface area contributed by atoms with Crippen molar-refractivity contribution in [3.8, 4) is 22.6 Å². The molecule has 0 amide bonds. The fourth-order valence-corrected chi connectivity index (χ4v) is 3.14. The molecular formula is C25H21F3O4. The summed E-state index contributed by atoms with van der Waals surface area (Å²) in [5, 5.41) is 9.11. The molecule has 4 nitrogen and oxygen atoms in total. The first-order chi connectivity index (χ1) is 15.3. The number of rotatable bonds is 8. The van der Waals surface area contributed by atoms with Crippen molar-refractivity contribution in [1.29, 1.82) is 0 Å². The third kappa shape index (κ3) is 6.14. The average Bonchev–Trinajstić information content (AvgIpc) is 2.76. The third-order valence-electron chi connectivity index (χ3n) is 4.68. The fourth-order valence-electron chi connectivity index (χ4n) is 3.14. The van der Waals surface area contributed by atoms with E-state index in [4.69, 9.17) is 14.6 Å². The first-order valence-corrected chi connectivity index (χ1v) is 9.72. The first-order valence-electron chi connectivity index (χ1n) is 9.72. The van der Waals surface area contributed by atoms with E-state index in [-0.39, 0.29) is 13.0 Å². The minimum Gasteiger partial charge on any atom is -0.496 e. The van der Waals surface area contributed by atoms with Crippen molar-refractivity contribution in [3.05, 3.63) is 89.5 Å². The van der Waals surface area contributed by atoms with Crippen LogP contribution in [0.4, 0.5) is 13.2 Å². The van der Waals surface area contributed by atoms with Crippen LogP contribution in [0.25, 0.3) is 17.2 Å². The number of ether oxygens (including phenoxy) is 2. The Morgan fingerprint density at radius 1 is 1.00 bits per heavy atom. The van der Waals surface area contributed by atoms with Gasteiger partial charge in [0.15, 0.2) is 0 Å². The molecule has 0 bridgehead atoms. The second-order valence-corrected chi connectivity index (χ2v) is 6.96. The van der Waals surface area contributed by atoms with Crippen LogP contribution in [0.2, 0.25) is 0 Å². The van der Waals surface area contributed by atoms with Crippen molar-refractivity contribution in [2.24, 2.45) is 0 Å². The number of aliphatic carboxylic acids is 1. The van der Waals surface area contributed by atoms with Crippen molar-refractivity contribution in [3.63, 3.8) is 0 Å². The molecule has 0 spiro atoms. The van der Waals surface area contributed by atoms with Crippen LogP contribution in [0.15, 0.2) is 72.8 Å². The maximum atomic E-state index is 12.6. The number of methoxy groups -OCH3 is 1. The van der Waals surface area contributed by atoms with Crippen LogP contribution < -0.4 is 9.47 Å². The van der Waals surface area contributed by atoms with Crippen molar-refractivity contribution >= 4 is 12.0 Å². The van der Waals surface area contributed by atoms with E-state index in [9.17, 15) is 18.0 Å². The number of benzene rings is 3. The first kappa shape index (κ1) is 22.9. The van der Waals surface area contributed by atoms with Crippen molar-refractivity contribution in [2.75, 3.05) is 13.7 Å². The Labute approximate surface area is 183 Å². The highest BCUT2D eigenvalue weighted by molar-refractivity contribution is 5.74. The Kier molecular flexibility index (Phi) is 7.20. The Balaban J connectivity index is 1.66. The van der Waals surface area contributed by atoms with Crippen LogP contribution in [0.5, 0.6) is 11.5 Å². The van der Waals surface area contributed by atoms with Crippen molar-refractivity contribution in [2.45, 2.75) is 12.6 Å². The molecule has 0 fully saturated rings. The normalized spacial score (nSPS) is 11.5. The fraction of sp³-hybridized carbons (Fsp3) is 0.160. The van der Waals surface area contributed by atoms with Crippen LogP contribution in [0.3, 0.4) is 0 Å². The zero-order valence-corrected chi connectivity index (χ0v) is 17.2. The second-order valence-electron chi connectivity index (χ2n) is 6.96. The minimum absolute atomic E-state index is 0.151. The maximum Gasteiger partial charge on any atom is 0.416 e. The summed E-state index contributed by atoms with van der Waals surface area (Å²) in [4.78, 5) is 11.1. The van der Waals surface area contributed by atoms with Gasteiger partial charge in [-0.2, -0.15) is 13.2 Å². The zero-order chi connectivity index (χ0) is 23.1. The SMILES string of the molecule is COc1ccc(-c2cccc(OC/C=C/c3ccc(C(F)(F)F)cc3)c2)cc1CC(=O)O. The van der Waals surface area contributed by atoms with E-state index in [1.165, 1.54) is 19.2 Å². The average molecular weight is 442 g/mol. The van der Waals surface area contributed by atoms with Crippen molar-refractivity contribution in [1.82, 2.24) is 0 Å². The molecule has 0 aliphatic carbocycles. The van der Waals surface area contributed by atoms with Gasteiger partial charge in [-0.25, -0.2) is 0 Å². The molecule has 0 saturated heterocycles. The van der Waals surface area contributed by atoms with Gasteiger partial charge in [0.1, 0.15) is 18.1 Å². The van der Waals surface area contributed by atoms with Gasteiger partial charge in [-0.05, 0) is 59.2 Å². The summed E-state index contributed by atoms with van der Waals surface area (Å²) in [6.07, 6.45) is -1.10. The molecular weight excluding hydrogens is 421 g/mol. The van der Waals surface area contributed by atoms with E-state index < -0.39 is 17.7 Å². The van der Waals surface area contributed by atoms with Gasteiger partial charge in [-0.15, -0.1) is 0 Å². The largest absolute Gasteiger partial charge is 0.496 e. The second kappa shape index (κ2) is 10.0. The van der Waals surface area contributed by atoms with Crippen LogP contribution in [-0.2, 0) is 17.4 Å². The molecule has 7 heteroatoms. The summed E-state index contributed by atoms with van der Waals surface area (Å²) in [6.45, 7) is 0.233. The quantitative estimate of drug-likeness (QED) is 0.458. The lowest BCUT2D eigenvalue weighted by Crippen LogP contribution is -2.03. The molecule has 0 aliphatic heterocycles. The van der Waals surface area contributed by atoms with E-state index in [2.05, 4.69) is 0 Å². The summed E-state index contributed by atoms with van der Waals surface area (Å²) in [7, 11) is 1.49. The molecule has 0 aromatic heterocycles. The predicted octanol–water partition coefficient (Wildman–Crippen LogP) is 6.10. The van der Waals surface area contributed by atoms with Gasteiger partial charge >= 0.3 is 12.1 Å². The third-order valence-corrected chi connectivity index (χ3v) is 4.68. The highest BCUT2D eigenvalue weighted by atomic mass is 19.4. The topological polar surface area (TPSA) is 55.8 Å². The monoisotopic (exact) mass is 442 g/mol. The minimum atomic E-state index is -4.35. The summed E-state index contributed by atoms with van der Waals surface area (Å²) < 4.78 is 48.8. The van der Waals surface area contributed by atoms with Gasteiger partial charge in [0.25, 0.3) is 0 Å². The van der Waals surface area contributed by atoms with Crippen LogP contribution in [-0.4, -0.2) is 24.8 Å². The lowest BCUT2D eigenvalue weighted by molar-refractivity contribution is -0.138. The van der Waals surface area contributed by atoms with Gasteiger partial charge in [0.05, 0.1) is 19.1 Å². The molecule has 0 atom stereocenters. The number of carboxylic acids is 1. The molecule has 1 N–H and O–H groups in total. The number of hydrogen-bond acceptors (Lipinski definition) is 3. The highest BCUT2D eigenvalue weighted by Crippen LogP contribution is 2.30. The van der Waals surface area contributed by atoms with Crippen LogP contribution >= 0.6 is 0 Å². The number of carboxylic acid groups (broad SMARTS) is 1. The standard InChI is InChI=1S/C25H21F3O4/c1-31-23-12-9-19(14-20(23)16-24(29)30)18-5-2-6-22(15-18)32-13-3-4-17-7-10-21(11-8-17)25(26,27)28/h2-12,14-15H,13,16H2,1H3,(H,29,30)/b4-3+. The lowest BCUT2D eigenvalue weighted by atomic mass is 10.0. The summed E-state index contributed by atoms with van der Waals surface area (Å²) in [5.74, 6) is 0.171. The molecule has 0 aliphatic rings. The molecule has 0 radical (unpaired) electrons. The molecule has 0 saturated carbocycles. The van der Waals surface area contributed by atoms with E-state index in [1.54, 1.807) is 30.4 Å². The maximum absolute atomic E-state index is 12.6. The summed E-state index contributed by atoms with van der Waals surface area (Å²) in [5.41, 5.74) is 2.20. The molecule has 3 aromatic rings. The molecule has 3 rings (SSSR count). The lowest BCUT2D eigenvalue weighted by Gasteiger charge is -2.11. The Morgan fingerprint density at radius 3 is 2.38 bits per heavy atom. The van der Waals surface area contributed by atoms with E-state index >= 15 is 0 Å². The Bertz CT molecular complexity index is 1100. The number of hydrogen-bond donors (Lipinski definition) is 1. The highest BCUT2D eigenvalue weighted by Gasteiger charge is 2.29. The van der Waals surface area contributed by atoms with E-state index in [0.717, 1.165) is 23.3 Å². The Morgan fingerprint density at radius 2 is 1.72 bits per heavy atom. The molecule has 0 unspecified atom stereocenters. The summed E-state index contributed by atoms with van der Waals surface area (Å²) in [6, 6.07) is 17.6. The van der Waals surface area contributed by atoms with E-state index in [1.807, 2.05) is 24.3 Å². The van der Waals surface area contributed by atoms with Gasteiger partial charge < -0.3 is 14.6 Å². The molecule has 32 heavy (non-hydrogen) atoms. The van der Waals surface area contributed by atoms with Gasteiger partial charge in [-0.1, -0.05) is 36.4 Å². The Hall–Kier alpha value is -3.74. The van der Waals surface area contributed by atoms with Gasteiger partial charge in [-0.3, -0.25) is 4.79 Å². The number of carbonyl (C=O) groups is 1. The smallest absolute Gasteiger partial charge is 0.416 e. The molecule has 3 aromatic carbocycles. The van der Waals surface area contributed by atoms with Gasteiger partial charge in [0.2, 0.25) is 0 Å².